The van der Waals surface area contributed by atoms with Crippen LogP contribution in [-0.4, -0.2) is 94.3 Å². The lowest BCUT2D eigenvalue weighted by molar-refractivity contribution is -0.132. The zero-order chi connectivity index (χ0) is 23.5. The van der Waals surface area contributed by atoms with Gasteiger partial charge in [0.1, 0.15) is 5.82 Å². The number of hydrogen-bond acceptors (Lipinski definition) is 6. The topological polar surface area (TPSA) is 116 Å². The van der Waals surface area contributed by atoms with E-state index in [-0.39, 0.29) is 62.2 Å². The normalized spacial score (nSPS) is 23.9. The number of piperazine rings is 1. The highest BCUT2D eigenvalue weighted by molar-refractivity contribution is 7.89. The van der Waals surface area contributed by atoms with Gasteiger partial charge in [-0.2, -0.15) is 17.0 Å². The summed E-state index contributed by atoms with van der Waals surface area (Å²) >= 11 is 0. The number of amides is 1. The van der Waals surface area contributed by atoms with Crippen LogP contribution in [0.1, 0.15) is 20.3 Å². The minimum Gasteiger partial charge on any atom is -0.373 e. The van der Waals surface area contributed by atoms with E-state index in [2.05, 4.69) is 4.72 Å². The quantitative estimate of drug-likeness (QED) is 0.573. The molecule has 32 heavy (non-hydrogen) atoms. The molecule has 2 aliphatic heterocycles. The smallest absolute Gasteiger partial charge is 0.282 e. The number of benzene rings is 1. The predicted molar refractivity (Wildman–Crippen MR) is 115 cm³/mol. The summed E-state index contributed by atoms with van der Waals surface area (Å²) in [5, 5.41) is 0. The molecule has 1 aromatic rings. The van der Waals surface area contributed by atoms with Gasteiger partial charge >= 0.3 is 0 Å². The molecule has 3 rings (SSSR count). The van der Waals surface area contributed by atoms with Crippen molar-refractivity contribution in [3.8, 4) is 0 Å². The summed E-state index contributed by atoms with van der Waals surface area (Å²) in [6, 6.07) is 4.39. The molecule has 180 valence electrons. The number of nitrogens with zero attached hydrogens (tertiary/aromatic N) is 3. The minimum atomic E-state index is -3.84. The zero-order valence-electron chi connectivity index (χ0n) is 18.1. The molecular formula is C19H29FN4O6S2. The van der Waals surface area contributed by atoms with Gasteiger partial charge in [-0.3, -0.25) is 4.79 Å². The molecule has 0 aliphatic carbocycles. The molecular weight excluding hydrogens is 463 g/mol. The number of carbonyl (C=O) groups excluding carboxylic acids is 1. The Balaban J connectivity index is 1.47. The van der Waals surface area contributed by atoms with Gasteiger partial charge in [-0.1, -0.05) is 0 Å². The van der Waals surface area contributed by atoms with Gasteiger partial charge in [0.2, 0.25) is 15.9 Å². The van der Waals surface area contributed by atoms with Gasteiger partial charge in [-0.15, -0.1) is 0 Å². The third kappa shape index (κ3) is 6.02. The van der Waals surface area contributed by atoms with Gasteiger partial charge in [0.05, 0.1) is 17.1 Å². The van der Waals surface area contributed by atoms with E-state index < -0.39 is 26.0 Å². The first-order valence-corrected chi connectivity index (χ1v) is 13.3. The maximum atomic E-state index is 13.0. The van der Waals surface area contributed by atoms with Gasteiger partial charge in [-0.05, 0) is 38.1 Å². The molecule has 2 unspecified atom stereocenters. The van der Waals surface area contributed by atoms with Crippen molar-refractivity contribution in [1.29, 1.82) is 0 Å². The van der Waals surface area contributed by atoms with Crippen LogP contribution in [0.15, 0.2) is 29.2 Å². The molecule has 1 amide bonds. The first-order chi connectivity index (χ1) is 15.0. The lowest BCUT2D eigenvalue weighted by Gasteiger charge is -2.40. The lowest BCUT2D eigenvalue weighted by atomic mass is 10.3. The Hall–Kier alpha value is -1.64. The average Bonchev–Trinajstić information content (AvgIpc) is 2.73. The Bertz CT molecular complexity index is 1000. The van der Waals surface area contributed by atoms with Crippen molar-refractivity contribution >= 4 is 26.1 Å². The number of rotatable bonds is 7. The number of sulfonamides is 1. The molecule has 10 nitrogen and oxygen atoms in total. The fourth-order valence-corrected chi connectivity index (χ4v) is 6.58. The van der Waals surface area contributed by atoms with Crippen LogP contribution in [0.5, 0.6) is 0 Å². The summed E-state index contributed by atoms with van der Waals surface area (Å²) in [5.41, 5.74) is 0. The van der Waals surface area contributed by atoms with Crippen molar-refractivity contribution < 1.29 is 30.8 Å². The van der Waals surface area contributed by atoms with E-state index in [4.69, 9.17) is 4.74 Å². The molecule has 0 radical (unpaired) electrons. The number of nitrogens with one attached hydrogen (secondary N) is 1. The molecule has 13 heteroatoms. The molecule has 0 aromatic heterocycles. The predicted octanol–water partition coefficient (Wildman–Crippen LogP) is -0.00770. The molecule has 2 saturated heterocycles. The Kier molecular flexibility index (Phi) is 7.89. The first-order valence-electron chi connectivity index (χ1n) is 10.4. The molecule has 0 bridgehead atoms. The van der Waals surface area contributed by atoms with Crippen molar-refractivity contribution in [1.82, 2.24) is 18.2 Å². The third-order valence-electron chi connectivity index (χ3n) is 5.38. The fraction of sp³-hybridized carbons (Fsp3) is 0.632. The van der Waals surface area contributed by atoms with Gasteiger partial charge in [0.15, 0.2) is 0 Å². The second-order valence-corrected chi connectivity index (χ2v) is 11.7. The van der Waals surface area contributed by atoms with Crippen molar-refractivity contribution in [2.24, 2.45) is 0 Å². The summed E-state index contributed by atoms with van der Waals surface area (Å²) in [5.74, 6) is -0.810. The second kappa shape index (κ2) is 10.1. The van der Waals surface area contributed by atoms with Gasteiger partial charge < -0.3 is 9.64 Å². The van der Waals surface area contributed by atoms with Crippen molar-refractivity contribution in [2.75, 3.05) is 45.8 Å². The second-order valence-electron chi connectivity index (χ2n) is 7.96. The van der Waals surface area contributed by atoms with Gasteiger partial charge in [0.25, 0.3) is 10.2 Å². The molecule has 1 N–H and O–H groups in total. The number of carbonyl (C=O) groups is 1. The van der Waals surface area contributed by atoms with Crippen molar-refractivity contribution in [2.45, 2.75) is 37.4 Å². The van der Waals surface area contributed by atoms with E-state index in [0.29, 0.717) is 13.1 Å². The standard InChI is InChI=1S/C19H29FN4O6S2/c1-15-13-24(14-16(2)30-15)32(28,29)23-11-9-22(10-12-23)19(25)7-8-21-31(26,27)18-5-3-17(20)4-6-18/h3-6,15-16,21H,7-14H2,1-2H3. The Morgan fingerprint density at radius 1 is 1.00 bits per heavy atom. The van der Waals surface area contributed by atoms with Crippen LogP contribution in [0.25, 0.3) is 0 Å². The molecule has 2 heterocycles. The first kappa shape index (κ1) is 25.0. The van der Waals surface area contributed by atoms with Crippen LogP contribution in [0, 0.1) is 5.82 Å². The Labute approximate surface area is 188 Å². The maximum Gasteiger partial charge on any atom is 0.282 e. The molecule has 0 saturated carbocycles. The summed E-state index contributed by atoms with van der Waals surface area (Å²) in [6.07, 6.45) is -0.434. The van der Waals surface area contributed by atoms with Gasteiger partial charge in [-0.25, -0.2) is 17.5 Å². The summed E-state index contributed by atoms with van der Waals surface area (Å²) in [7, 11) is -7.48. The van der Waals surface area contributed by atoms with Crippen LogP contribution < -0.4 is 4.72 Å². The van der Waals surface area contributed by atoms with E-state index >= 15 is 0 Å². The molecule has 0 spiro atoms. The van der Waals surface area contributed by atoms with Crippen molar-refractivity contribution in [3.63, 3.8) is 0 Å². The van der Waals surface area contributed by atoms with Crippen LogP contribution in [-0.2, 0) is 29.8 Å². The highest BCUT2D eigenvalue weighted by atomic mass is 32.2. The number of ether oxygens (including phenoxy) is 1. The van der Waals surface area contributed by atoms with E-state index in [1.807, 2.05) is 13.8 Å². The monoisotopic (exact) mass is 492 g/mol. The van der Waals surface area contributed by atoms with Crippen LogP contribution >= 0.6 is 0 Å². The third-order valence-corrected chi connectivity index (χ3v) is 8.83. The van der Waals surface area contributed by atoms with E-state index in [1.54, 1.807) is 0 Å². The fourth-order valence-electron chi connectivity index (χ4n) is 3.80. The summed E-state index contributed by atoms with van der Waals surface area (Å²) in [6.45, 7) is 4.96. The Morgan fingerprint density at radius 2 is 1.56 bits per heavy atom. The summed E-state index contributed by atoms with van der Waals surface area (Å²) < 4.78 is 74.0. The summed E-state index contributed by atoms with van der Waals surface area (Å²) in [4.78, 5) is 13.9. The minimum absolute atomic E-state index is 0.0638. The largest absolute Gasteiger partial charge is 0.373 e. The highest BCUT2D eigenvalue weighted by Crippen LogP contribution is 2.19. The number of hydrogen-bond donors (Lipinski definition) is 1. The van der Waals surface area contributed by atoms with E-state index in [1.165, 1.54) is 13.5 Å². The van der Waals surface area contributed by atoms with Gasteiger partial charge in [0, 0.05) is 52.2 Å². The number of morpholine rings is 1. The molecule has 2 aliphatic rings. The molecule has 1 aromatic carbocycles. The maximum absolute atomic E-state index is 13.0. The number of halogens is 1. The lowest BCUT2D eigenvalue weighted by Crippen LogP contribution is -2.57. The SMILES string of the molecule is CC1CN(S(=O)(=O)N2CCN(C(=O)CCNS(=O)(=O)c3ccc(F)cc3)CC2)CC(C)O1. The zero-order valence-corrected chi connectivity index (χ0v) is 19.7. The van der Waals surface area contributed by atoms with Crippen LogP contribution in [0.3, 0.4) is 0 Å². The average molecular weight is 493 g/mol. The highest BCUT2D eigenvalue weighted by Gasteiger charge is 2.37. The van der Waals surface area contributed by atoms with Crippen LogP contribution in [0.2, 0.25) is 0 Å². The van der Waals surface area contributed by atoms with E-state index in [0.717, 1.165) is 24.3 Å². The Morgan fingerprint density at radius 3 is 2.12 bits per heavy atom. The molecule has 2 atom stereocenters. The molecule has 2 fully saturated rings. The van der Waals surface area contributed by atoms with E-state index in [9.17, 15) is 26.0 Å². The van der Waals surface area contributed by atoms with Crippen molar-refractivity contribution in [3.05, 3.63) is 30.1 Å². The van der Waals surface area contributed by atoms with Crippen LogP contribution in [0.4, 0.5) is 4.39 Å².